The number of pyridine rings is 1. The standard InChI is InChI=1S/C13H18N2O2/c1-9-6-15(7-10(9)2)8-11-4-3-5-12(14-11)13(16)17/h3-5,9-10H,6-8H2,1-2H3,(H,16,17). The van der Waals surface area contributed by atoms with Gasteiger partial charge >= 0.3 is 5.97 Å². The number of aromatic nitrogens is 1. The van der Waals surface area contributed by atoms with Crippen molar-refractivity contribution in [1.82, 2.24) is 9.88 Å². The van der Waals surface area contributed by atoms with Gasteiger partial charge in [-0.05, 0) is 24.0 Å². The summed E-state index contributed by atoms with van der Waals surface area (Å²) in [6.45, 7) is 7.40. The summed E-state index contributed by atoms with van der Waals surface area (Å²) in [4.78, 5) is 17.3. The Morgan fingerprint density at radius 1 is 1.41 bits per heavy atom. The van der Waals surface area contributed by atoms with E-state index in [2.05, 4.69) is 23.7 Å². The Morgan fingerprint density at radius 3 is 2.65 bits per heavy atom. The van der Waals surface area contributed by atoms with Gasteiger partial charge in [0.05, 0.1) is 5.69 Å². The Labute approximate surface area is 101 Å². The molecule has 1 aromatic heterocycles. The lowest BCUT2D eigenvalue weighted by molar-refractivity contribution is 0.0690. The first-order valence-corrected chi connectivity index (χ1v) is 5.98. The predicted octanol–water partition coefficient (Wildman–Crippen LogP) is 1.87. The minimum Gasteiger partial charge on any atom is -0.477 e. The highest BCUT2D eigenvalue weighted by atomic mass is 16.4. The van der Waals surface area contributed by atoms with Crippen LogP contribution in [0.2, 0.25) is 0 Å². The molecule has 1 N–H and O–H groups in total. The molecule has 0 radical (unpaired) electrons. The van der Waals surface area contributed by atoms with Crippen LogP contribution in [-0.2, 0) is 6.54 Å². The summed E-state index contributed by atoms with van der Waals surface area (Å²) in [7, 11) is 0. The van der Waals surface area contributed by atoms with Crippen LogP contribution in [0.4, 0.5) is 0 Å². The molecule has 1 aliphatic heterocycles. The summed E-state index contributed by atoms with van der Waals surface area (Å²) in [5, 5.41) is 8.88. The van der Waals surface area contributed by atoms with Crippen molar-refractivity contribution in [3.63, 3.8) is 0 Å². The van der Waals surface area contributed by atoms with Gasteiger partial charge in [-0.15, -0.1) is 0 Å². The minimum absolute atomic E-state index is 0.128. The molecule has 2 unspecified atom stereocenters. The van der Waals surface area contributed by atoms with Crippen LogP contribution >= 0.6 is 0 Å². The molecule has 0 amide bonds. The molecule has 0 aliphatic carbocycles. The van der Waals surface area contributed by atoms with E-state index in [0.29, 0.717) is 11.8 Å². The van der Waals surface area contributed by atoms with Crippen molar-refractivity contribution in [3.8, 4) is 0 Å². The molecule has 92 valence electrons. The van der Waals surface area contributed by atoms with Gasteiger partial charge < -0.3 is 5.11 Å². The molecule has 1 saturated heterocycles. The molecule has 1 aliphatic rings. The third-order valence-electron chi connectivity index (χ3n) is 3.48. The smallest absolute Gasteiger partial charge is 0.354 e. The third-order valence-corrected chi connectivity index (χ3v) is 3.48. The minimum atomic E-state index is -0.963. The largest absolute Gasteiger partial charge is 0.477 e. The van der Waals surface area contributed by atoms with Crippen molar-refractivity contribution in [1.29, 1.82) is 0 Å². The Bertz CT molecular complexity index is 410. The van der Waals surface area contributed by atoms with Gasteiger partial charge in [-0.25, -0.2) is 9.78 Å². The van der Waals surface area contributed by atoms with E-state index >= 15 is 0 Å². The first kappa shape index (κ1) is 12.0. The second kappa shape index (κ2) is 4.84. The van der Waals surface area contributed by atoms with E-state index < -0.39 is 5.97 Å². The van der Waals surface area contributed by atoms with Gasteiger partial charge in [0.1, 0.15) is 5.69 Å². The highest BCUT2D eigenvalue weighted by Crippen LogP contribution is 2.23. The summed E-state index contributed by atoms with van der Waals surface area (Å²) < 4.78 is 0. The maximum absolute atomic E-state index is 10.8. The van der Waals surface area contributed by atoms with Gasteiger partial charge in [0.15, 0.2) is 0 Å². The van der Waals surface area contributed by atoms with Crippen molar-refractivity contribution >= 4 is 5.97 Å². The van der Waals surface area contributed by atoms with Crippen molar-refractivity contribution in [2.45, 2.75) is 20.4 Å². The molecule has 2 heterocycles. The van der Waals surface area contributed by atoms with E-state index in [-0.39, 0.29) is 5.69 Å². The number of hydrogen-bond acceptors (Lipinski definition) is 3. The second-order valence-electron chi connectivity index (χ2n) is 4.97. The summed E-state index contributed by atoms with van der Waals surface area (Å²) in [6.07, 6.45) is 0. The highest BCUT2D eigenvalue weighted by molar-refractivity contribution is 5.85. The van der Waals surface area contributed by atoms with Crippen LogP contribution in [0.1, 0.15) is 30.0 Å². The first-order valence-electron chi connectivity index (χ1n) is 5.98. The van der Waals surface area contributed by atoms with Crippen LogP contribution in [-0.4, -0.2) is 34.0 Å². The molecule has 4 heteroatoms. The van der Waals surface area contributed by atoms with E-state index in [9.17, 15) is 4.79 Å². The molecule has 2 rings (SSSR count). The van der Waals surface area contributed by atoms with Crippen LogP contribution in [0.15, 0.2) is 18.2 Å². The molecule has 4 nitrogen and oxygen atoms in total. The van der Waals surface area contributed by atoms with Crippen molar-refractivity contribution < 1.29 is 9.90 Å². The third kappa shape index (κ3) is 2.82. The molecular weight excluding hydrogens is 216 g/mol. The molecule has 1 aromatic rings. The molecule has 0 saturated carbocycles. The molecule has 17 heavy (non-hydrogen) atoms. The SMILES string of the molecule is CC1CN(Cc2cccc(C(=O)O)n2)CC1C. The quantitative estimate of drug-likeness (QED) is 0.867. The van der Waals surface area contributed by atoms with E-state index in [1.807, 2.05) is 6.07 Å². The van der Waals surface area contributed by atoms with Crippen LogP contribution in [0.5, 0.6) is 0 Å². The first-order chi connectivity index (χ1) is 8.06. The fourth-order valence-corrected chi connectivity index (χ4v) is 2.29. The maximum atomic E-state index is 10.8. The van der Waals surface area contributed by atoms with Crippen LogP contribution in [0.3, 0.4) is 0 Å². The van der Waals surface area contributed by atoms with E-state index in [1.165, 1.54) is 6.07 Å². The fraction of sp³-hybridized carbons (Fsp3) is 0.538. The number of carboxylic acid groups (broad SMARTS) is 1. The van der Waals surface area contributed by atoms with Crippen LogP contribution in [0, 0.1) is 11.8 Å². The number of carboxylic acids is 1. The van der Waals surface area contributed by atoms with E-state index in [4.69, 9.17) is 5.11 Å². The number of carbonyl (C=O) groups is 1. The number of likely N-dealkylation sites (tertiary alicyclic amines) is 1. The Morgan fingerprint density at radius 2 is 2.06 bits per heavy atom. The van der Waals surface area contributed by atoms with Crippen molar-refractivity contribution in [2.24, 2.45) is 11.8 Å². The Balaban J connectivity index is 2.04. The van der Waals surface area contributed by atoms with Gasteiger partial charge in [-0.2, -0.15) is 0 Å². The maximum Gasteiger partial charge on any atom is 0.354 e. The molecule has 0 aromatic carbocycles. The number of hydrogen-bond donors (Lipinski definition) is 1. The number of aromatic carboxylic acids is 1. The summed E-state index contributed by atoms with van der Waals surface area (Å²) in [5.41, 5.74) is 0.967. The molecule has 2 atom stereocenters. The second-order valence-corrected chi connectivity index (χ2v) is 4.97. The lowest BCUT2D eigenvalue weighted by Gasteiger charge is -2.14. The van der Waals surface area contributed by atoms with Crippen LogP contribution < -0.4 is 0 Å². The van der Waals surface area contributed by atoms with Crippen molar-refractivity contribution in [2.75, 3.05) is 13.1 Å². The Hall–Kier alpha value is -1.42. The summed E-state index contributed by atoms with van der Waals surface area (Å²) >= 11 is 0. The topological polar surface area (TPSA) is 53.4 Å². The lowest BCUT2D eigenvalue weighted by Crippen LogP contribution is -2.21. The highest BCUT2D eigenvalue weighted by Gasteiger charge is 2.26. The zero-order valence-electron chi connectivity index (χ0n) is 10.3. The van der Waals surface area contributed by atoms with Gasteiger partial charge in [-0.3, -0.25) is 4.90 Å². The van der Waals surface area contributed by atoms with E-state index in [1.54, 1.807) is 6.07 Å². The lowest BCUT2D eigenvalue weighted by atomic mass is 10.0. The zero-order chi connectivity index (χ0) is 12.4. The van der Waals surface area contributed by atoms with Crippen molar-refractivity contribution in [3.05, 3.63) is 29.6 Å². The fourth-order valence-electron chi connectivity index (χ4n) is 2.29. The number of rotatable bonds is 3. The molecule has 1 fully saturated rings. The summed E-state index contributed by atoms with van der Waals surface area (Å²) in [6, 6.07) is 5.18. The average molecular weight is 234 g/mol. The molecule has 0 bridgehead atoms. The van der Waals surface area contributed by atoms with Gasteiger partial charge in [-0.1, -0.05) is 19.9 Å². The van der Waals surface area contributed by atoms with Gasteiger partial charge in [0.25, 0.3) is 0 Å². The normalized spacial score (nSPS) is 25.1. The Kier molecular flexibility index (Phi) is 3.43. The molecular formula is C13H18N2O2. The van der Waals surface area contributed by atoms with Crippen LogP contribution in [0.25, 0.3) is 0 Å². The number of nitrogens with zero attached hydrogens (tertiary/aromatic N) is 2. The predicted molar refractivity (Wildman–Crippen MR) is 64.8 cm³/mol. The van der Waals surface area contributed by atoms with E-state index in [0.717, 1.165) is 25.3 Å². The van der Waals surface area contributed by atoms with Gasteiger partial charge in [0, 0.05) is 19.6 Å². The zero-order valence-corrected chi connectivity index (χ0v) is 10.3. The molecule has 0 spiro atoms. The monoisotopic (exact) mass is 234 g/mol. The van der Waals surface area contributed by atoms with Gasteiger partial charge in [0.2, 0.25) is 0 Å². The summed E-state index contributed by atoms with van der Waals surface area (Å²) in [5.74, 6) is 0.449. The average Bonchev–Trinajstić information content (AvgIpc) is 2.58.